The van der Waals surface area contributed by atoms with Crippen LogP contribution in [0, 0.1) is 0 Å². The minimum Gasteiger partial charge on any atom is -0.466 e. The zero-order valence-electron chi connectivity index (χ0n) is 15.4. The van der Waals surface area contributed by atoms with Crippen LogP contribution >= 0.6 is 23.1 Å². The second-order valence-electron chi connectivity index (χ2n) is 6.22. The lowest BCUT2D eigenvalue weighted by atomic mass is 10.1. The van der Waals surface area contributed by atoms with Crippen LogP contribution in [0.1, 0.15) is 35.8 Å². The van der Waals surface area contributed by atoms with Crippen molar-refractivity contribution in [3.05, 3.63) is 40.9 Å². The van der Waals surface area contributed by atoms with Crippen LogP contribution in [0.3, 0.4) is 0 Å². The van der Waals surface area contributed by atoms with Crippen molar-refractivity contribution in [2.45, 2.75) is 36.6 Å². The number of anilines is 1. The minimum atomic E-state index is -0.317. The molecule has 0 unspecified atom stereocenters. The van der Waals surface area contributed by atoms with Crippen LogP contribution in [0.15, 0.2) is 34.0 Å². The maximum absolute atomic E-state index is 12.3. The van der Waals surface area contributed by atoms with Crippen molar-refractivity contribution in [1.29, 1.82) is 0 Å². The molecule has 1 fully saturated rings. The maximum Gasteiger partial charge on any atom is 0.311 e. The van der Waals surface area contributed by atoms with E-state index in [0.717, 1.165) is 12.8 Å². The van der Waals surface area contributed by atoms with Crippen LogP contribution in [0.25, 0.3) is 0 Å². The number of thioether (sulfide) groups is 1. The molecular formula is C19H21N3O4S2. The van der Waals surface area contributed by atoms with Gasteiger partial charge in [-0.3, -0.25) is 14.4 Å². The number of thiazole rings is 1. The predicted octanol–water partition coefficient (Wildman–Crippen LogP) is 2.87. The fourth-order valence-corrected chi connectivity index (χ4v) is 4.03. The average Bonchev–Trinajstić information content (AvgIpc) is 3.37. The number of carbonyl (C=O) groups is 3. The molecule has 0 atom stereocenters. The van der Waals surface area contributed by atoms with Gasteiger partial charge in [-0.2, -0.15) is 0 Å². The van der Waals surface area contributed by atoms with Crippen molar-refractivity contribution >= 4 is 46.6 Å². The number of rotatable bonds is 9. The van der Waals surface area contributed by atoms with E-state index < -0.39 is 0 Å². The molecule has 2 amide bonds. The lowest BCUT2D eigenvalue weighted by Crippen LogP contribution is -2.27. The molecule has 3 rings (SSSR count). The summed E-state index contributed by atoms with van der Waals surface area (Å²) in [5, 5.41) is 7.51. The summed E-state index contributed by atoms with van der Waals surface area (Å²) in [5.41, 5.74) is 1.58. The first-order valence-electron chi connectivity index (χ1n) is 8.97. The van der Waals surface area contributed by atoms with E-state index in [2.05, 4.69) is 15.6 Å². The Labute approximate surface area is 171 Å². The van der Waals surface area contributed by atoms with E-state index >= 15 is 0 Å². The summed E-state index contributed by atoms with van der Waals surface area (Å²) in [4.78, 5) is 40.4. The monoisotopic (exact) mass is 419 g/mol. The fraction of sp³-hybridized carbons (Fsp3) is 0.368. The van der Waals surface area contributed by atoms with Crippen LogP contribution < -0.4 is 10.6 Å². The molecule has 1 aromatic heterocycles. The molecule has 0 saturated heterocycles. The van der Waals surface area contributed by atoms with Crippen molar-refractivity contribution in [2.75, 3.05) is 17.7 Å². The number of aromatic nitrogens is 1. The highest BCUT2D eigenvalue weighted by atomic mass is 32.2. The number of carbonyl (C=O) groups excluding carboxylic acids is 3. The molecule has 2 aromatic rings. The summed E-state index contributed by atoms with van der Waals surface area (Å²) in [6.45, 7) is 2.09. The number of hydrogen-bond acceptors (Lipinski definition) is 7. The third-order valence-electron chi connectivity index (χ3n) is 3.85. The van der Waals surface area contributed by atoms with Crippen molar-refractivity contribution in [1.82, 2.24) is 10.3 Å². The predicted molar refractivity (Wildman–Crippen MR) is 109 cm³/mol. The quantitative estimate of drug-likeness (QED) is 0.479. The third kappa shape index (κ3) is 6.07. The number of hydrogen-bond donors (Lipinski definition) is 2. The first-order valence-corrected chi connectivity index (χ1v) is 10.8. The highest BCUT2D eigenvalue weighted by Gasteiger charge is 2.25. The number of ether oxygens (including phenoxy) is 1. The Hall–Kier alpha value is -2.39. The van der Waals surface area contributed by atoms with Crippen molar-refractivity contribution in [3.63, 3.8) is 0 Å². The minimum absolute atomic E-state index is 0.126. The molecule has 0 aliphatic heterocycles. The van der Waals surface area contributed by atoms with Gasteiger partial charge < -0.3 is 15.4 Å². The summed E-state index contributed by atoms with van der Waals surface area (Å²) in [6, 6.07) is 7.21. The first-order chi connectivity index (χ1) is 13.5. The summed E-state index contributed by atoms with van der Waals surface area (Å²) >= 11 is 2.67. The lowest BCUT2D eigenvalue weighted by Gasteiger charge is -2.10. The average molecular weight is 420 g/mol. The van der Waals surface area contributed by atoms with Gasteiger partial charge in [-0.05, 0) is 31.9 Å². The molecular weight excluding hydrogens is 398 g/mol. The van der Waals surface area contributed by atoms with Crippen LogP contribution in [-0.2, 0) is 20.7 Å². The Balaban J connectivity index is 1.51. The standard InChI is InChI=1S/C19H21N3O4S2/c1-2-26-17(24)9-13-10-27-19(21-13)28-11-16(23)22-15-6-4-3-5-14(15)18(25)20-12-7-8-12/h3-6,10,12H,2,7-9,11H2,1H3,(H,20,25)(H,22,23). The Bertz CT molecular complexity index is 864. The third-order valence-corrected chi connectivity index (χ3v) is 5.92. The van der Waals surface area contributed by atoms with E-state index in [1.54, 1.807) is 36.6 Å². The molecule has 28 heavy (non-hydrogen) atoms. The molecule has 0 bridgehead atoms. The molecule has 1 saturated carbocycles. The van der Waals surface area contributed by atoms with E-state index in [4.69, 9.17) is 4.74 Å². The smallest absolute Gasteiger partial charge is 0.311 e. The van der Waals surface area contributed by atoms with Crippen LogP contribution in [0.2, 0.25) is 0 Å². The molecule has 1 aromatic carbocycles. The van der Waals surface area contributed by atoms with Gasteiger partial charge >= 0.3 is 5.97 Å². The van der Waals surface area contributed by atoms with Gasteiger partial charge in [-0.1, -0.05) is 23.9 Å². The molecule has 1 heterocycles. The van der Waals surface area contributed by atoms with E-state index in [-0.39, 0.29) is 36.0 Å². The van der Waals surface area contributed by atoms with Crippen molar-refractivity contribution in [3.8, 4) is 0 Å². The van der Waals surface area contributed by atoms with Gasteiger partial charge in [0.15, 0.2) is 4.34 Å². The number of esters is 1. The Morgan fingerprint density at radius 3 is 2.82 bits per heavy atom. The van der Waals surface area contributed by atoms with E-state index in [1.807, 2.05) is 0 Å². The van der Waals surface area contributed by atoms with Gasteiger partial charge in [0, 0.05) is 11.4 Å². The number of para-hydroxylation sites is 1. The number of nitrogens with one attached hydrogen (secondary N) is 2. The van der Waals surface area contributed by atoms with Crippen molar-refractivity contribution in [2.24, 2.45) is 0 Å². The van der Waals surface area contributed by atoms with Gasteiger partial charge in [0.25, 0.3) is 5.91 Å². The van der Waals surface area contributed by atoms with E-state index in [1.165, 1.54) is 23.1 Å². The van der Waals surface area contributed by atoms with Crippen LogP contribution in [0.4, 0.5) is 5.69 Å². The highest BCUT2D eigenvalue weighted by Crippen LogP contribution is 2.24. The fourth-order valence-electron chi connectivity index (χ4n) is 2.39. The maximum atomic E-state index is 12.3. The number of benzene rings is 1. The molecule has 1 aliphatic rings. The summed E-state index contributed by atoms with van der Waals surface area (Å²) in [7, 11) is 0. The van der Waals surface area contributed by atoms with Crippen LogP contribution in [0.5, 0.6) is 0 Å². The zero-order chi connectivity index (χ0) is 19.9. The molecule has 0 radical (unpaired) electrons. The van der Waals surface area contributed by atoms with Gasteiger partial charge in [-0.25, -0.2) is 4.98 Å². The van der Waals surface area contributed by atoms with E-state index in [9.17, 15) is 14.4 Å². The molecule has 0 spiro atoms. The molecule has 2 N–H and O–H groups in total. The van der Waals surface area contributed by atoms with Gasteiger partial charge in [0.1, 0.15) is 0 Å². The molecule has 7 nitrogen and oxygen atoms in total. The van der Waals surface area contributed by atoms with Gasteiger partial charge in [0.05, 0.1) is 35.7 Å². The summed E-state index contributed by atoms with van der Waals surface area (Å²) < 4.78 is 5.60. The number of amides is 2. The Kier molecular flexibility index (Phi) is 7.05. The van der Waals surface area contributed by atoms with Gasteiger partial charge in [0.2, 0.25) is 5.91 Å². The summed E-state index contributed by atoms with van der Waals surface area (Å²) in [5.74, 6) is -0.554. The first kappa shape index (κ1) is 20.3. The SMILES string of the molecule is CCOC(=O)Cc1csc(SCC(=O)Nc2ccccc2C(=O)NC2CC2)n1. The number of nitrogens with zero attached hydrogens (tertiary/aromatic N) is 1. The molecule has 9 heteroatoms. The molecule has 1 aliphatic carbocycles. The van der Waals surface area contributed by atoms with Gasteiger partial charge in [-0.15, -0.1) is 11.3 Å². The second kappa shape index (κ2) is 9.70. The summed E-state index contributed by atoms with van der Waals surface area (Å²) in [6.07, 6.45) is 2.13. The van der Waals surface area contributed by atoms with Crippen LogP contribution in [-0.4, -0.2) is 41.2 Å². The highest BCUT2D eigenvalue weighted by molar-refractivity contribution is 8.01. The largest absolute Gasteiger partial charge is 0.466 e. The molecule has 148 valence electrons. The normalized spacial score (nSPS) is 13.0. The zero-order valence-corrected chi connectivity index (χ0v) is 17.0. The Morgan fingerprint density at radius 1 is 1.29 bits per heavy atom. The van der Waals surface area contributed by atoms with Crippen molar-refractivity contribution < 1.29 is 19.1 Å². The lowest BCUT2D eigenvalue weighted by molar-refractivity contribution is -0.142. The van der Waals surface area contributed by atoms with E-state index in [0.29, 0.717) is 27.9 Å². The Morgan fingerprint density at radius 2 is 2.07 bits per heavy atom. The topological polar surface area (TPSA) is 97.4 Å². The second-order valence-corrected chi connectivity index (χ2v) is 8.30.